The van der Waals surface area contributed by atoms with E-state index in [1.807, 2.05) is 35.8 Å². The van der Waals surface area contributed by atoms with E-state index in [9.17, 15) is 9.90 Å². The Balaban J connectivity index is 1.99. The van der Waals surface area contributed by atoms with E-state index in [1.54, 1.807) is 24.3 Å². The lowest BCUT2D eigenvalue weighted by Gasteiger charge is -2.06. The van der Waals surface area contributed by atoms with Crippen LogP contribution in [0.2, 0.25) is 0 Å². The third-order valence-corrected chi connectivity index (χ3v) is 4.41. The molecule has 5 nitrogen and oxygen atoms in total. The molecule has 0 aliphatic heterocycles. The van der Waals surface area contributed by atoms with Gasteiger partial charge in [-0.1, -0.05) is 49.6 Å². The van der Waals surface area contributed by atoms with Gasteiger partial charge in [0.15, 0.2) is 5.69 Å². The number of aromatic hydroxyl groups is 1. The number of hydrogen-bond acceptors (Lipinski definition) is 3. The van der Waals surface area contributed by atoms with Gasteiger partial charge in [-0.25, -0.2) is 0 Å². The van der Waals surface area contributed by atoms with E-state index in [2.05, 4.69) is 17.2 Å². The second-order valence-electron chi connectivity index (χ2n) is 6.42. The molecule has 1 N–H and O–H groups in total. The number of nitrogens with zero attached hydrogens (tertiary/aromatic N) is 3. The SMILES string of the molecule is CCCCCn1c(O)c(N=NC(=O)c2ccccc2)c2cc(C)ccc21. The smallest absolute Gasteiger partial charge is 0.295 e. The molecule has 0 atom stereocenters. The van der Waals surface area contributed by atoms with Gasteiger partial charge < -0.3 is 9.67 Å². The molecule has 1 amide bonds. The molecule has 0 aliphatic carbocycles. The van der Waals surface area contributed by atoms with Gasteiger partial charge in [0.1, 0.15) is 0 Å². The van der Waals surface area contributed by atoms with E-state index < -0.39 is 5.91 Å². The van der Waals surface area contributed by atoms with Crippen LogP contribution in [0.4, 0.5) is 5.69 Å². The highest BCUT2D eigenvalue weighted by Gasteiger charge is 2.17. The lowest BCUT2D eigenvalue weighted by molar-refractivity contribution is 0.0995. The van der Waals surface area contributed by atoms with Gasteiger partial charge in [-0.2, -0.15) is 0 Å². The van der Waals surface area contributed by atoms with Crippen molar-refractivity contribution in [1.29, 1.82) is 0 Å². The number of aromatic nitrogens is 1. The average Bonchev–Trinajstić information content (AvgIpc) is 2.91. The number of carbonyl (C=O) groups excluding carboxylic acids is 1. The molecule has 0 bridgehead atoms. The van der Waals surface area contributed by atoms with Crippen LogP contribution >= 0.6 is 0 Å². The third-order valence-electron chi connectivity index (χ3n) is 4.41. The molecule has 3 rings (SSSR count). The number of hydrogen-bond donors (Lipinski definition) is 1. The van der Waals surface area contributed by atoms with Gasteiger partial charge in [-0.05, 0) is 37.6 Å². The van der Waals surface area contributed by atoms with E-state index in [4.69, 9.17) is 0 Å². The quantitative estimate of drug-likeness (QED) is 0.453. The monoisotopic (exact) mass is 349 g/mol. The van der Waals surface area contributed by atoms with Crippen LogP contribution < -0.4 is 0 Å². The van der Waals surface area contributed by atoms with Crippen LogP contribution in [0.5, 0.6) is 5.88 Å². The molecular weight excluding hydrogens is 326 g/mol. The minimum Gasteiger partial charge on any atom is -0.493 e. The van der Waals surface area contributed by atoms with Crippen LogP contribution in [-0.4, -0.2) is 15.6 Å². The second kappa shape index (κ2) is 7.95. The summed E-state index contributed by atoms with van der Waals surface area (Å²) in [6, 6.07) is 14.7. The summed E-state index contributed by atoms with van der Waals surface area (Å²) in [7, 11) is 0. The molecule has 134 valence electrons. The minimum atomic E-state index is -0.426. The standard InChI is InChI=1S/C21H23N3O2/c1-3-4-8-13-24-18-12-11-15(2)14-17(18)19(21(24)26)22-23-20(25)16-9-6-5-7-10-16/h5-7,9-12,14,26H,3-4,8,13H2,1-2H3. The summed E-state index contributed by atoms with van der Waals surface area (Å²) in [5.41, 5.74) is 2.79. The molecule has 0 aliphatic rings. The van der Waals surface area contributed by atoms with Crippen LogP contribution in [0.1, 0.15) is 42.1 Å². The predicted molar refractivity (Wildman–Crippen MR) is 103 cm³/mol. The molecule has 1 aromatic heterocycles. The molecule has 5 heteroatoms. The Hall–Kier alpha value is -2.95. The maximum atomic E-state index is 12.2. The van der Waals surface area contributed by atoms with Gasteiger partial charge in [0, 0.05) is 17.5 Å². The molecule has 3 aromatic rings. The normalized spacial score (nSPS) is 11.5. The summed E-state index contributed by atoms with van der Waals surface area (Å²) >= 11 is 0. The van der Waals surface area contributed by atoms with Gasteiger partial charge >= 0.3 is 0 Å². The third kappa shape index (κ3) is 3.67. The number of benzene rings is 2. The van der Waals surface area contributed by atoms with Crippen LogP contribution in [0.15, 0.2) is 58.8 Å². The molecule has 26 heavy (non-hydrogen) atoms. The fourth-order valence-corrected chi connectivity index (χ4v) is 3.02. The number of unbranched alkanes of at least 4 members (excludes halogenated alkanes) is 2. The first-order valence-corrected chi connectivity index (χ1v) is 8.94. The summed E-state index contributed by atoms with van der Waals surface area (Å²) in [6.45, 7) is 4.84. The number of azo groups is 1. The first-order chi connectivity index (χ1) is 12.6. The zero-order chi connectivity index (χ0) is 18.5. The summed E-state index contributed by atoms with van der Waals surface area (Å²) in [5, 5.41) is 19.4. The van der Waals surface area contributed by atoms with Crippen molar-refractivity contribution >= 4 is 22.5 Å². The molecule has 0 saturated heterocycles. The van der Waals surface area contributed by atoms with Gasteiger partial charge in [-0.15, -0.1) is 10.2 Å². The topological polar surface area (TPSA) is 66.9 Å². The minimum absolute atomic E-state index is 0.0614. The Labute approximate surface area is 153 Å². The average molecular weight is 349 g/mol. The van der Waals surface area contributed by atoms with Crippen LogP contribution in [0.25, 0.3) is 10.9 Å². The van der Waals surface area contributed by atoms with Crippen molar-refractivity contribution in [3.63, 3.8) is 0 Å². The molecular formula is C21H23N3O2. The Bertz CT molecular complexity index is 943. The van der Waals surface area contributed by atoms with Gasteiger partial charge in [-0.3, -0.25) is 4.79 Å². The fraction of sp³-hybridized carbons (Fsp3) is 0.286. The molecule has 2 aromatic carbocycles. The van der Waals surface area contributed by atoms with E-state index in [0.717, 1.165) is 35.7 Å². The van der Waals surface area contributed by atoms with E-state index in [0.29, 0.717) is 17.8 Å². The number of rotatable bonds is 6. The molecule has 0 saturated carbocycles. The van der Waals surface area contributed by atoms with Crippen LogP contribution in [0.3, 0.4) is 0 Å². The van der Waals surface area contributed by atoms with Gasteiger partial charge in [0.05, 0.1) is 5.52 Å². The highest BCUT2D eigenvalue weighted by atomic mass is 16.3. The summed E-state index contributed by atoms with van der Waals surface area (Å²) in [5.74, 6) is -0.365. The van der Waals surface area contributed by atoms with Gasteiger partial charge in [0.2, 0.25) is 5.88 Å². The van der Waals surface area contributed by atoms with E-state index in [-0.39, 0.29) is 5.88 Å². The van der Waals surface area contributed by atoms with Crippen molar-refractivity contribution in [1.82, 2.24) is 4.57 Å². The lowest BCUT2D eigenvalue weighted by Crippen LogP contribution is -1.96. The molecule has 0 unspecified atom stereocenters. The van der Waals surface area contributed by atoms with Crippen molar-refractivity contribution in [2.45, 2.75) is 39.7 Å². The Kier molecular flexibility index (Phi) is 5.46. The zero-order valence-corrected chi connectivity index (χ0v) is 15.1. The van der Waals surface area contributed by atoms with Crippen molar-refractivity contribution in [3.8, 4) is 5.88 Å². The Morgan fingerprint density at radius 3 is 2.62 bits per heavy atom. The van der Waals surface area contributed by atoms with Crippen molar-refractivity contribution in [3.05, 3.63) is 59.7 Å². The zero-order valence-electron chi connectivity index (χ0n) is 15.1. The van der Waals surface area contributed by atoms with E-state index in [1.165, 1.54) is 0 Å². The lowest BCUT2D eigenvalue weighted by atomic mass is 10.1. The first-order valence-electron chi connectivity index (χ1n) is 8.94. The molecule has 0 fully saturated rings. The highest BCUT2D eigenvalue weighted by molar-refractivity contribution is 5.97. The maximum absolute atomic E-state index is 12.2. The van der Waals surface area contributed by atoms with E-state index >= 15 is 0 Å². The molecule has 0 spiro atoms. The molecule has 0 radical (unpaired) electrons. The molecule has 1 heterocycles. The van der Waals surface area contributed by atoms with Crippen LogP contribution in [0, 0.1) is 6.92 Å². The summed E-state index contributed by atoms with van der Waals surface area (Å²) in [4.78, 5) is 12.2. The summed E-state index contributed by atoms with van der Waals surface area (Å²) in [6.07, 6.45) is 3.17. The Morgan fingerprint density at radius 2 is 1.88 bits per heavy atom. The van der Waals surface area contributed by atoms with Crippen molar-refractivity contribution in [2.24, 2.45) is 10.2 Å². The van der Waals surface area contributed by atoms with Gasteiger partial charge in [0.25, 0.3) is 5.91 Å². The number of amides is 1. The fourth-order valence-electron chi connectivity index (χ4n) is 3.02. The summed E-state index contributed by atoms with van der Waals surface area (Å²) < 4.78 is 1.85. The second-order valence-corrected chi connectivity index (χ2v) is 6.42. The van der Waals surface area contributed by atoms with Crippen LogP contribution in [-0.2, 0) is 6.54 Å². The van der Waals surface area contributed by atoms with Crippen molar-refractivity contribution < 1.29 is 9.90 Å². The number of carbonyl (C=O) groups is 1. The number of fused-ring (bicyclic) bond motifs is 1. The highest BCUT2D eigenvalue weighted by Crippen LogP contribution is 2.39. The first kappa shape index (κ1) is 17.9. The Morgan fingerprint density at radius 1 is 1.12 bits per heavy atom. The number of aryl methyl sites for hydroxylation is 2. The maximum Gasteiger partial charge on any atom is 0.295 e. The largest absolute Gasteiger partial charge is 0.493 e. The van der Waals surface area contributed by atoms with Crippen molar-refractivity contribution in [2.75, 3.05) is 0 Å². The predicted octanol–water partition coefficient (Wildman–Crippen LogP) is 5.77.